The highest BCUT2D eigenvalue weighted by atomic mass is 16.5. The topological polar surface area (TPSA) is 61.9 Å². The second-order valence-corrected chi connectivity index (χ2v) is 8.82. The minimum Gasteiger partial charge on any atom is -0.497 e. The fourth-order valence-corrected chi connectivity index (χ4v) is 4.43. The van der Waals surface area contributed by atoms with E-state index in [0.29, 0.717) is 32.5 Å². The molecular weight excluding hydrogens is 438 g/mol. The third-order valence-corrected chi connectivity index (χ3v) is 6.38. The van der Waals surface area contributed by atoms with E-state index in [0.717, 1.165) is 47.6 Å². The smallest absolute Gasteiger partial charge is 0.238 e. The number of nitrogens with zero attached hydrogens (tertiary/aromatic N) is 2. The van der Waals surface area contributed by atoms with Crippen LogP contribution in [0.15, 0.2) is 78.9 Å². The number of nitrogens with one attached hydrogen (secondary N) is 1. The second-order valence-electron chi connectivity index (χ2n) is 8.82. The molecule has 0 saturated carbocycles. The maximum atomic E-state index is 12.9. The van der Waals surface area contributed by atoms with Crippen LogP contribution in [0.3, 0.4) is 0 Å². The van der Waals surface area contributed by atoms with Crippen molar-refractivity contribution in [1.29, 1.82) is 0 Å². The van der Waals surface area contributed by atoms with Gasteiger partial charge in [-0.1, -0.05) is 60.7 Å². The van der Waals surface area contributed by atoms with Gasteiger partial charge in [0.05, 0.1) is 13.7 Å². The van der Waals surface area contributed by atoms with E-state index in [2.05, 4.69) is 10.2 Å². The highest BCUT2D eigenvalue weighted by Gasteiger charge is 2.20. The molecule has 1 N–H and O–H groups in total. The van der Waals surface area contributed by atoms with Crippen molar-refractivity contribution < 1.29 is 14.3 Å². The number of benzene rings is 3. The van der Waals surface area contributed by atoms with Gasteiger partial charge in [-0.25, -0.2) is 0 Å². The summed E-state index contributed by atoms with van der Waals surface area (Å²) in [6.45, 7) is 3.20. The quantitative estimate of drug-likeness (QED) is 0.527. The Hall–Kier alpha value is -3.64. The third kappa shape index (κ3) is 6.93. The molecule has 35 heavy (non-hydrogen) atoms. The van der Waals surface area contributed by atoms with Crippen LogP contribution < -0.4 is 10.1 Å². The molecule has 2 amide bonds. The molecule has 1 heterocycles. The SMILES string of the molecule is COc1ccc(CCC(=O)N2CCCN(CC(=O)Nc3ccccc3-c3ccccc3)CC2)cc1. The summed E-state index contributed by atoms with van der Waals surface area (Å²) in [5.41, 5.74) is 4.02. The van der Waals surface area contributed by atoms with Crippen LogP contribution in [0.25, 0.3) is 11.1 Å². The van der Waals surface area contributed by atoms with E-state index in [4.69, 9.17) is 4.74 Å². The molecule has 6 nitrogen and oxygen atoms in total. The van der Waals surface area contributed by atoms with E-state index in [1.807, 2.05) is 83.8 Å². The van der Waals surface area contributed by atoms with Gasteiger partial charge < -0.3 is 15.0 Å². The molecule has 6 heteroatoms. The monoisotopic (exact) mass is 471 g/mol. The minimum absolute atomic E-state index is 0.0346. The van der Waals surface area contributed by atoms with Gasteiger partial charge in [0.2, 0.25) is 11.8 Å². The Labute approximate surface area is 207 Å². The Kier molecular flexibility index (Phi) is 8.52. The predicted molar refractivity (Wildman–Crippen MR) is 139 cm³/mol. The fourth-order valence-electron chi connectivity index (χ4n) is 4.43. The first kappa shape index (κ1) is 24.5. The average Bonchev–Trinajstić information content (AvgIpc) is 3.14. The summed E-state index contributed by atoms with van der Waals surface area (Å²) in [5.74, 6) is 0.955. The lowest BCUT2D eigenvalue weighted by Gasteiger charge is -2.22. The van der Waals surface area contributed by atoms with Gasteiger partial charge in [-0.05, 0) is 42.2 Å². The molecular formula is C29H33N3O3. The number of hydrogen-bond donors (Lipinski definition) is 1. The zero-order chi connectivity index (χ0) is 24.5. The van der Waals surface area contributed by atoms with E-state index in [1.165, 1.54) is 0 Å². The molecule has 0 atom stereocenters. The van der Waals surface area contributed by atoms with Gasteiger partial charge in [0, 0.05) is 43.9 Å². The van der Waals surface area contributed by atoms with E-state index in [9.17, 15) is 9.59 Å². The molecule has 1 aliphatic heterocycles. The maximum absolute atomic E-state index is 12.9. The normalized spacial score (nSPS) is 14.3. The van der Waals surface area contributed by atoms with Crippen molar-refractivity contribution in [1.82, 2.24) is 9.80 Å². The minimum atomic E-state index is -0.0346. The number of aryl methyl sites for hydroxylation is 1. The van der Waals surface area contributed by atoms with E-state index in [-0.39, 0.29) is 11.8 Å². The van der Waals surface area contributed by atoms with E-state index >= 15 is 0 Å². The summed E-state index contributed by atoms with van der Waals surface area (Å²) in [7, 11) is 1.65. The number of methoxy groups -OCH3 is 1. The Bertz CT molecular complexity index is 1120. The molecule has 1 saturated heterocycles. The number of ether oxygens (including phenoxy) is 1. The first-order valence-electron chi connectivity index (χ1n) is 12.2. The molecule has 1 aliphatic rings. The third-order valence-electron chi connectivity index (χ3n) is 6.38. The standard InChI is InChI=1S/C29H33N3O3/c1-35-25-15-12-23(13-16-25)14-17-29(34)32-19-7-18-31(20-21-32)22-28(33)30-27-11-6-5-10-26(27)24-8-3-2-4-9-24/h2-6,8-13,15-16H,7,14,17-22H2,1H3,(H,30,33). The molecule has 0 aromatic heterocycles. The number of hydrogen-bond acceptors (Lipinski definition) is 4. The molecule has 0 radical (unpaired) electrons. The van der Waals surface area contributed by atoms with E-state index in [1.54, 1.807) is 7.11 Å². The van der Waals surface area contributed by atoms with Crippen LogP contribution in [0.2, 0.25) is 0 Å². The van der Waals surface area contributed by atoms with Crippen molar-refractivity contribution in [3.63, 3.8) is 0 Å². The highest BCUT2D eigenvalue weighted by molar-refractivity contribution is 5.96. The van der Waals surface area contributed by atoms with Crippen molar-refractivity contribution in [3.8, 4) is 16.9 Å². The fraction of sp³-hybridized carbons (Fsp3) is 0.310. The lowest BCUT2D eigenvalue weighted by atomic mass is 10.0. The van der Waals surface area contributed by atoms with Crippen LogP contribution in [0.4, 0.5) is 5.69 Å². The lowest BCUT2D eigenvalue weighted by molar-refractivity contribution is -0.131. The van der Waals surface area contributed by atoms with Crippen molar-refractivity contribution in [2.24, 2.45) is 0 Å². The average molecular weight is 472 g/mol. The first-order valence-corrected chi connectivity index (χ1v) is 12.2. The summed E-state index contributed by atoms with van der Waals surface area (Å²) in [6.07, 6.45) is 2.07. The summed E-state index contributed by atoms with van der Waals surface area (Å²) < 4.78 is 5.19. The zero-order valence-electron chi connectivity index (χ0n) is 20.3. The van der Waals surface area contributed by atoms with Crippen LogP contribution in [0.5, 0.6) is 5.75 Å². The molecule has 0 aliphatic carbocycles. The molecule has 0 bridgehead atoms. The Morgan fingerprint density at radius 1 is 0.857 bits per heavy atom. The van der Waals surface area contributed by atoms with Gasteiger partial charge in [0.1, 0.15) is 5.75 Å². The van der Waals surface area contributed by atoms with Gasteiger partial charge >= 0.3 is 0 Å². The lowest BCUT2D eigenvalue weighted by Crippen LogP contribution is -2.38. The Balaban J connectivity index is 1.26. The summed E-state index contributed by atoms with van der Waals surface area (Å²) in [6, 6.07) is 25.8. The van der Waals surface area contributed by atoms with Crippen LogP contribution in [0.1, 0.15) is 18.4 Å². The van der Waals surface area contributed by atoms with Gasteiger partial charge in [-0.3, -0.25) is 14.5 Å². The number of para-hydroxylation sites is 1. The molecule has 0 unspecified atom stereocenters. The van der Waals surface area contributed by atoms with Crippen LogP contribution >= 0.6 is 0 Å². The number of carbonyl (C=O) groups is 2. The van der Waals surface area contributed by atoms with Gasteiger partial charge in [-0.15, -0.1) is 0 Å². The zero-order valence-corrected chi connectivity index (χ0v) is 20.3. The maximum Gasteiger partial charge on any atom is 0.238 e. The number of amides is 2. The summed E-state index contributed by atoms with van der Waals surface area (Å²) >= 11 is 0. The van der Waals surface area contributed by atoms with Crippen molar-refractivity contribution in [2.75, 3.05) is 45.2 Å². The van der Waals surface area contributed by atoms with Gasteiger partial charge in [0.15, 0.2) is 0 Å². The molecule has 1 fully saturated rings. The second kappa shape index (κ2) is 12.2. The number of rotatable bonds is 8. The van der Waals surface area contributed by atoms with Crippen molar-refractivity contribution in [2.45, 2.75) is 19.3 Å². The molecule has 3 aromatic rings. The van der Waals surface area contributed by atoms with Crippen LogP contribution in [0, 0.1) is 0 Å². The summed E-state index contributed by atoms with van der Waals surface area (Å²) in [5, 5.41) is 3.09. The summed E-state index contributed by atoms with van der Waals surface area (Å²) in [4.78, 5) is 29.7. The first-order chi connectivity index (χ1) is 17.1. The van der Waals surface area contributed by atoms with Crippen LogP contribution in [-0.2, 0) is 16.0 Å². The van der Waals surface area contributed by atoms with E-state index < -0.39 is 0 Å². The van der Waals surface area contributed by atoms with Crippen molar-refractivity contribution >= 4 is 17.5 Å². The molecule has 0 spiro atoms. The van der Waals surface area contributed by atoms with Gasteiger partial charge in [0.25, 0.3) is 0 Å². The largest absolute Gasteiger partial charge is 0.497 e. The predicted octanol–water partition coefficient (Wildman–Crippen LogP) is 4.47. The number of anilines is 1. The number of carbonyl (C=O) groups excluding carboxylic acids is 2. The van der Waals surface area contributed by atoms with Crippen molar-refractivity contribution in [3.05, 3.63) is 84.4 Å². The Morgan fingerprint density at radius 2 is 1.60 bits per heavy atom. The molecule has 182 valence electrons. The van der Waals surface area contributed by atoms with Crippen LogP contribution in [-0.4, -0.2) is 61.4 Å². The van der Waals surface area contributed by atoms with Gasteiger partial charge in [-0.2, -0.15) is 0 Å². The molecule has 4 rings (SSSR count). The molecule has 3 aromatic carbocycles. The Morgan fingerprint density at radius 3 is 2.37 bits per heavy atom. The highest BCUT2D eigenvalue weighted by Crippen LogP contribution is 2.27.